The van der Waals surface area contributed by atoms with Gasteiger partial charge in [-0.25, -0.2) is 0 Å². The van der Waals surface area contributed by atoms with E-state index in [0.717, 1.165) is 6.42 Å². The molecule has 0 aromatic carbocycles. The lowest BCUT2D eigenvalue weighted by molar-refractivity contribution is -0.144. The zero-order chi connectivity index (χ0) is 13.7. The van der Waals surface area contributed by atoms with Gasteiger partial charge in [0.1, 0.15) is 6.04 Å². The first kappa shape index (κ1) is 14.9. The fourth-order valence-corrected chi connectivity index (χ4v) is 2.19. The fraction of sp³-hybridized carbons (Fsp3) is 0.833. The number of aliphatic carboxylic acids is 1. The summed E-state index contributed by atoms with van der Waals surface area (Å²) in [6.45, 7) is 6.41. The zero-order valence-electron chi connectivity index (χ0n) is 11.1. The molecule has 0 bridgehead atoms. The van der Waals surface area contributed by atoms with Crippen molar-refractivity contribution in [2.24, 2.45) is 11.7 Å². The molecule has 6 nitrogen and oxygen atoms in total. The minimum Gasteiger partial charge on any atom is -0.480 e. The van der Waals surface area contributed by atoms with Crippen LogP contribution in [0.25, 0.3) is 0 Å². The summed E-state index contributed by atoms with van der Waals surface area (Å²) in [6.07, 6.45) is 0.751. The van der Waals surface area contributed by atoms with Crippen LogP contribution in [0.3, 0.4) is 0 Å². The topological polar surface area (TPSA) is 86.9 Å². The van der Waals surface area contributed by atoms with E-state index in [9.17, 15) is 9.59 Å². The zero-order valence-corrected chi connectivity index (χ0v) is 11.1. The van der Waals surface area contributed by atoms with Gasteiger partial charge in [0.05, 0.1) is 5.92 Å². The maximum atomic E-state index is 12.1. The van der Waals surface area contributed by atoms with Crippen molar-refractivity contribution in [2.75, 3.05) is 32.7 Å². The van der Waals surface area contributed by atoms with Gasteiger partial charge in [-0.15, -0.1) is 0 Å². The highest BCUT2D eigenvalue weighted by molar-refractivity contribution is 5.79. The van der Waals surface area contributed by atoms with Crippen LogP contribution in [0.2, 0.25) is 0 Å². The van der Waals surface area contributed by atoms with Crippen LogP contribution in [0, 0.1) is 5.92 Å². The molecule has 2 atom stereocenters. The average molecular weight is 257 g/mol. The van der Waals surface area contributed by atoms with E-state index in [1.807, 2.05) is 11.8 Å². The predicted molar refractivity (Wildman–Crippen MR) is 68.1 cm³/mol. The summed E-state index contributed by atoms with van der Waals surface area (Å²) in [7, 11) is 0. The second-order valence-electron chi connectivity index (χ2n) is 4.72. The van der Waals surface area contributed by atoms with Crippen LogP contribution in [0.15, 0.2) is 0 Å². The Morgan fingerprint density at radius 3 is 2.22 bits per heavy atom. The Hall–Kier alpha value is -1.14. The number of piperazine rings is 1. The summed E-state index contributed by atoms with van der Waals surface area (Å²) in [5.41, 5.74) is 5.57. The van der Waals surface area contributed by atoms with Crippen molar-refractivity contribution in [1.82, 2.24) is 9.80 Å². The predicted octanol–water partition coefficient (Wildman–Crippen LogP) is -0.411. The molecule has 6 heteroatoms. The molecule has 1 heterocycles. The highest BCUT2D eigenvalue weighted by Crippen LogP contribution is 2.11. The van der Waals surface area contributed by atoms with Crippen molar-refractivity contribution in [3.05, 3.63) is 0 Å². The third-order valence-corrected chi connectivity index (χ3v) is 3.66. The highest BCUT2D eigenvalue weighted by Gasteiger charge is 2.29. The minimum absolute atomic E-state index is 0.0997. The van der Waals surface area contributed by atoms with Gasteiger partial charge >= 0.3 is 5.97 Å². The third-order valence-electron chi connectivity index (χ3n) is 3.66. The number of amides is 1. The summed E-state index contributed by atoms with van der Waals surface area (Å²) in [5.74, 6) is -0.820. The van der Waals surface area contributed by atoms with Gasteiger partial charge in [-0.3, -0.25) is 14.5 Å². The van der Waals surface area contributed by atoms with Crippen LogP contribution in [0.1, 0.15) is 20.3 Å². The lowest BCUT2D eigenvalue weighted by Gasteiger charge is -2.37. The van der Waals surface area contributed by atoms with Crippen molar-refractivity contribution in [3.8, 4) is 0 Å². The molecule has 104 valence electrons. The van der Waals surface area contributed by atoms with Gasteiger partial charge in [-0.2, -0.15) is 0 Å². The summed E-state index contributed by atoms with van der Waals surface area (Å²) >= 11 is 0. The molecule has 1 rings (SSSR count). The molecule has 0 aromatic heterocycles. The van der Waals surface area contributed by atoms with Gasteiger partial charge < -0.3 is 15.7 Å². The standard InChI is InChI=1S/C12H23N3O3/c1-3-10(8-13)11(16)15-6-4-14(5-7-15)9(2)12(17)18/h9-10H,3-8,13H2,1-2H3,(H,17,18). The number of hydrogen-bond donors (Lipinski definition) is 2. The summed E-state index contributed by atoms with van der Waals surface area (Å²) < 4.78 is 0. The molecule has 0 aromatic rings. The number of nitrogens with two attached hydrogens (primary N) is 1. The van der Waals surface area contributed by atoms with E-state index in [2.05, 4.69) is 0 Å². The number of hydrogen-bond acceptors (Lipinski definition) is 4. The van der Waals surface area contributed by atoms with E-state index < -0.39 is 12.0 Å². The number of carboxylic acids is 1. The van der Waals surface area contributed by atoms with Gasteiger partial charge in [-0.1, -0.05) is 6.92 Å². The van der Waals surface area contributed by atoms with Gasteiger partial charge in [0.15, 0.2) is 0 Å². The molecule has 1 amide bonds. The average Bonchev–Trinajstić information content (AvgIpc) is 2.39. The third kappa shape index (κ3) is 3.43. The van der Waals surface area contributed by atoms with E-state index in [0.29, 0.717) is 32.7 Å². The molecule has 2 unspecified atom stereocenters. The SMILES string of the molecule is CCC(CN)C(=O)N1CCN(C(C)C(=O)O)CC1. The largest absolute Gasteiger partial charge is 0.480 e. The van der Waals surface area contributed by atoms with Crippen LogP contribution < -0.4 is 5.73 Å². The minimum atomic E-state index is -0.817. The normalized spacial score (nSPS) is 20.5. The number of rotatable bonds is 5. The molecule has 0 aliphatic carbocycles. The lowest BCUT2D eigenvalue weighted by atomic mass is 10.0. The van der Waals surface area contributed by atoms with Crippen LogP contribution in [0.4, 0.5) is 0 Å². The van der Waals surface area contributed by atoms with Crippen LogP contribution in [0.5, 0.6) is 0 Å². The number of carboxylic acid groups (broad SMARTS) is 1. The molecule has 1 aliphatic heterocycles. The molecule has 0 radical (unpaired) electrons. The molecule has 1 fully saturated rings. The van der Waals surface area contributed by atoms with E-state index >= 15 is 0 Å². The van der Waals surface area contributed by atoms with Crippen molar-refractivity contribution in [3.63, 3.8) is 0 Å². The van der Waals surface area contributed by atoms with Crippen molar-refractivity contribution in [1.29, 1.82) is 0 Å². The van der Waals surface area contributed by atoms with E-state index in [-0.39, 0.29) is 11.8 Å². The summed E-state index contributed by atoms with van der Waals surface area (Å²) in [4.78, 5) is 26.6. The van der Waals surface area contributed by atoms with Crippen LogP contribution in [-0.4, -0.2) is 65.5 Å². The molecular formula is C12H23N3O3. The van der Waals surface area contributed by atoms with E-state index in [4.69, 9.17) is 10.8 Å². The van der Waals surface area contributed by atoms with Gasteiger partial charge in [0.25, 0.3) is 0 Å². The van der Waals surface area contributed by atoms with Gasteiger partial charge in [0.2, 0.25) is 5.91 Å². The van der Waals surface area contributed by atoms with E-state index in [1.54, 1.807) is 11.8 Å². The summed E-state index contributed by atoms with van der Waals surface area (Å²) in [6, 6.07) is -0.487. The monoisotopic (exact) mass is 257 g/mol. The maximum Gasteiger partial charge on any atom is 0.320 e. The van der Waals surface area contributed by atoms with Gasteiger partial charge in [0, 0.05) is 32.7 Å². The second kappa shape index (κ2) is 6.70. The molecule has 18 heavy (non-hydrogen) atoms. The quantitative estimate of drug-likeness (QED) is 0.699. The fourth-order valence-electron chi connectivity index (χ4n) is 2.19. The Kier molecular flexibility index (Phi) is 5.55. The summed E-state index contributed by atoms with van der Waals surface area (Å²) in [5, 5.41) is 8.93. The molecular weight excluding hydrogens is 234 g/mol. The number of carbonyl (C=O) groups excluding carboxylic acids is 1. The number of carbonyl (C=O) groups is 2. The Labute approximate surface area is 108 Å². The first-order chi connectivity index (χ1) is 8.51. The number of nitrogens with zero attached hydrogens (tertiary/aromatic N) is 2. The van der Waals surface area contributed by atoms with Crippen molar-refractivity contribution < 1.29 is 14.7 Å². The maximum absolute atomic E-state index is 12.1. The van der Waals surface area contributed by atoms with Crippen molar-refractivity contribution in [2.45, 2.75) is 26.3 Å². The van der Waals surface area contributed by atoms with Crippen LogP contribution >= 0.6 is 0 Å². The Morgan fingerprint density at radius 2 is 1.83 bits per heavy atom. The van der Waals surface area contributed by atoms with E-state index in [1.165, 1.54) is 0 Å². The van der Waals surface area contributed by atoms with Gasteiger partial charge in [-0.05, 0) is 13.3 Å². The first-order valence-electron chi connectivity index (χ1n) is 6.47. The molecule has 1 saturated heterocycles. The first-order valence-corrected chi connectivity index (χ1v) is 6.47. The molecule has 3 N–H and O–H groups in total. The molecule has 0 saturated carbocycles. The second-order valence-corrected chi connectivity index (χ2v) is 4.72. The Balaban J connectivity index is 2.48. The lowest BCUT2D eigenvalue weighted by Crippen LogP contribution is -2.54. The smallest absolute Gasteiger partial charge is 0.320 e. The Morgan fingerprint density at radius 1 is 1.28 bits per heavy atom. The highest BCUT2D eigenvalue weighted by atomic mass is 16.4. The van der Waals surface area contributed by atoms with Crippen molar-refractivity contribution >= 4 is 11.9 Å². The molecule has 1 aliphatic rings. The van der Waals surface area contributed by atoms with Crippen LogP contribution in [-0.2, 0) is 9.59 Å². The Bertz CT molecular complexity index is 297. The molecule has 0 spiro atoms.